The van der Waals surface area contributed by atoms with Crippen LogP contribution < -0.4 is 5.32 Å². The lowest BCUT2D eigenvalue weighted by molar-refractivity contribution is -0.141. The fourth-order valence-electron chi connectivity index (χ4n) is 4.66. The SMILES string of the molecule is CC1CN(C(=O)C2CCC3CCCCC3C2)C(C)CN1.Cl. The molecule has 3 aliphatic rings. The summed E-state index contributed by atoms with van der Waals surface area (Å²) in [4.78, 5) is 15.0. The zero-order valence-electron chi connectivity index (χ0n) is 13.5. The molecule has 5 atom stereocenters. The zero-order valence-corrected chi connectivity index (χ0v) is 14.3. The number of piperazine rings is 1. The van der Waals surface area contributed by atoms with Gasteiger partial charge in [0, 0.05) is 31.1 Å². The minimum atomic E-state index is 0. The summed E-state index contributed by atoms with van der Waals surface area (Å²) in [6.07, 6.45) is 9.24. The second kappa shape index (κ2) is 7.32. The first-order valence-electron chi connectivity index (χ1n) is 8.69. The van der Waals surface area contributed by atoms with Gasteiger partial charge in [0.25, 0.3) is 0 Å². The lowest BCUT2D eigenvalue weighted by Gasteiger charge is -2.43. The van der Waals surface area contributed by atoms with E-state index in [0.717, 1.165) is 31.3 Å². The van der Waals surface area contributed by atoms with Crippen LogP contribution in [0.5, 0.6) is 0 Å². The average molecular weight is 315 g/mol. The number of halogens is 1. The number of fused-ring (bicyclic) bond motifs is 1. The van der Waals surface area contributed by atoms with Gasteiger partial charge < -0.3 is 10.2 Å². The van der Waals surface area contributed by atoms with Crippen LogP contribution in [-0.4, -0.2) is 36.0 Å². The smallest absolute Gasteiger partial charge is 0.226 e. The van der Waals surface area contributed by atoms with Crippen molar-refractivity contribution in [2.24, 2.45) is 17.8 Å². The maximum atomic E-state index is 12.9. The van der Waals surface area contributed by atoms with E-state index in [9.17, 15) is 4.79 Å². The van der Waals surface area contributed by atoms with Gasteiger partial charge in [0.2, 0.25) is 5.91 Å². The molecule has 1 amide bonds. The highest BCUT2D eigenvalue weighted by Crippen LogP contribution is 2.43. The quantitative estimate of drug-likeness (QED) is 0.806. The summed E-state index contributed by atoms with van der Waals surface area (Å²) in [6, 6.07) is 0.809. The zero-order chi connectivity index (χ0) is 14.1. The van der Waals surface area contributed by atoms with Gasteiger partial charge >= 0.3 is 0 Å². The van der Waals surface area contributed by atoms with Gasteiger partial charge in [-0.05, 0) is 44.9 Å². The molecule has 3 fully saturated rings. The highest BCUT2D eigenvalue weighted by molar-refractivity contribution is 5.85. The van der Waals surface area contributed by atoms with Crippen LogP contribution in [0.1, 0.15) is 58.8 Å². The van der Waals surface area contributed by atoms with Gasteiger partial charge in [0.05, 0.1) is 0 Å². The Morgan fingerprint density at radius 2 is 1.76 bits per heavy atom. The number of amides is 1. The molecule has 0 aromatic carbocycles. The summed E-state index contributed by atoms with van der Waals surface area (Å²) in [7, 11) is 0. The molecule has 0 bridgehead atoms. The molecule has 1 saturated heterocycles. The Morgan fingerprint density at radius 1 is 1.05 bits per heavy atom. The number of rotatable bonds is 1. The van der Waals surface area contributed by atoms with Crippen molar-refractivity contribution in [2.45, 2.75) is 70.9 Å². The van der Waals surface area contributed by atoms with E-state index in [-0.39, 0.29) is 12.4 Å². The van der Waals surface area contributed by atoms with Crippen LogP contribution in [0.2, 0.25) is 0 Å². The van der Waals surface area contributed by atoms with Gasteiger partial charge in [-0.2, -0.15) is 0 Å². The lowest BCUT2D eigenvalue weighted by Crippen LogP contribution is -2.57. The van der Waals surface area contributed by atoms with E-state index in [0.29, 0.717) is 23.9 Å². The molecule has 2 saturated carbocycles. The molecule has 2 aliphatic carbocycles. The van der Waals surface area contributed by atoms with Gasteiger partial charge in [-0.1, -0.05) is 25.7 Å². The van der Waals surface area contributed by atoms with Crippen molar-refractivity contribution in [3.05, 3.63) is 0 Å². The van der Waals surface area contributed by atoms with Crippen molar-refractivity contribution >= 4 is 18.3 Å². The first kappa shape index (κ1) is 17.1. The second-order valence-corrected chi connectivity index (χ2v) is 7.46. The van der Waals surface area contributed by atoms with E-state index in [4.69, 9.17) is 0 Å². The predicted molar refractivity (Wildman–Crippen MR) is 88.7 cm³/mol. The molecular weight excluding hydrogens is 284 g/mol. The third-order valence-electron chi connectivity index (χ3n) is 5.94. The molecule has 1 aliphatic heterocycles. The standard InChI is InChI=1S/C17H30N2O.ClH/c1-12-11-19(13(2)10-18-12)17(20)16-8-7-14-5-3-4-6-15(14)9-16;/h12-16,18H,3-11H2,1-2H3;1H. The number of hydrogen-bond acceptors (Lipinski definition) is 2. The summed E-state index contributed by atoms with van der Waals surface area (Å²) in [5.74, 6) is 2.56. The molecule has 0 spiro atoms. The van der Waals surface area contributed by atoms with Gasteiger partial charge in [-0.25, -0.2) is 0 Å². The van der Waals surface area contributed by atoms with E-state index in [1.807, 2.05) is 0 Å². The van der Waals surface area contributed by atoms with E-state index < -0.39 is 0 Å². The minimum Gasteiger partial charge on any atom is -0.337 e. The summed E-state index contributed by atoms with van der Waals surface area (Å²) < 4.78 is 0. The fraction of sp³-hybridized carbons (Fsp3) is 0.941. The van der Waals surface area contributed by atoms with Gasteiger partial charge in [-0.15, -0.1) is 12.4 Å². The molecule has 122 valence electrons. The largest absolute Gasteiger partial charge is 0.337 e. The minimum absolute atomic E-state index is 0. The Bertz CT molecular complexity index is 363. The highest BCUT2D eigenvalue weighted by atomic mass is 35.5. The van der Waals surface area contributed by atoms with E-state index >= 15 is 0 Å². The molecule has 3 nitrogen and oxygen atoms in total. The van der Waals surface area contributed by atoms with Crippen LogP contribution in [0.4, 0.5) is 0 Å². The lowest BCUT2D eigenvalue weighted by atomic mass is 9.67. The number of nitrogens with zero attached hydrogens (tertiary/aromatic N) is 1. The van der Waals surface area contributed by atoms with Crippen molar-refractivity contribution in [1.29, 1.82) is 0 Å². The summed E-state index contributed by atoms with van der Waals surface area (Å²) in [5, 5.41) is 3.47. The average Bonchev–Trinajstić information content (AvgIpc) is 2.48. The number of carbonyl (C=O) groups excluding carboxylic acids is 1. The molecule has 21 heavy (non-hydrogen) atoms. The second-order valence-electron chi connectivity index (χ2n) is 7.46. The monoisotopic (exact) mass is 314 g/mol. The van der Waals surface area contributed by atoms with Crippen LogP contribution in [0.25, 0.3) is 0 Å². The third-order valence-corrected chi connectivity index (χ3v) is 5.94. The molecule has 1 heterocycles. The Morgan fingerprint density at radius 3 is 2.52 bits per heavy atom. The summed E-state index contributed by atoms with van der Waals surface area (Å²) >= 11 is 0. The molecule has 0 aromatic rings. The number of carbonyl (C=O) groups is 1. The molecule has 5 unspecified atom stereocenters. The topological polar surface area (TPSA) is 32.3 Å². The maximum absolute atomic E-state index is 12.9. The van der Waals surface area contributed by atoms with Crippen LogP contribution in [-0.2, 0) is 4.79 Å². The van der Waals surface area contributed by atoms with Crippen LogP contribution in [0, 0.1) is 17.8 Å². The van der Waals surface area contributed by atoms with Crippen molar-refractivity contribution in [3.8, 4) is 0 Å². The molecular formula is C17H31ClN2O. The van der Waals surface area contributed by atoms with E-state index in [1.165, 1.54) is 38.5 Å². The predicted octanol–water partition coefficient (Wildman–Crippen LogP) is 3.22. The van der Waals surface area contributed by atoms with E-state index in [1.54, 1.807) is 0 Å². The van der Waals surface area contributed by atoms with Gasteiger partial charge in [0.1, 0.15) is 0 Å². The molecule has 1 N–H and O–H groups in total. The third kappa shape index (κ3) is 3.73. The fourth-order valence-corrected chi connectivity index (χ4v) is 4.66. The van der Waals surface area contributed by atoms with Crippen molar-refractivity contribution in [2.75, 3.05) is 13.1 Å². The maximum Gasteiger partial charge on any atom is 0.226 e. The van der Waals surface area contributed by atoms with Gasteiger partial charge in [-0.3, -0.25) is 4.79 Å². The van der Waals surface area contributed by atoms with Crippen molar-refractivity contribution in [3.63, 3.8) is 0 Å². The number of hydrogen-bond donors (Lipinski definition) is 1. The van der Waals surface area contributed by atoms with Crippen molar-refractivity contribution < 1.29 is 4.79 Å². The molecule has 4 heteroatoms. The molecule has 3 rings (SSSR count). The first-order valence-corrected chi connectivity index (χ1v) is 8.69. The van der Waals surface area contributed by atoms with Crippen molar-refractivity contribution in [1.82, 2.24) is 10.2 Å². The number of nitrogens with one attached hydrogen (secondary N) is 1. The van der Waals surface area contributed by atoms with Crippen LogP contribution in [0.15, 0.2) is 0 Å². The summed E-state index contributed by atoms with van der Waals surface area (Å²) in [5.41, 5.74) is 0. The normalized spacial score (nSPS) is 40.1. The summed E-state index contributed by atoms with van der Waals surface area (Å²) in [6.45, 7) is 6.21. The van der Waals surface area contributed by atoms with E-state index in [2.05, 4.69) is 24.1 Å². The Kier molecular flexibility index (Phi) is 5.96. The van der Waals surface area contributed by atoms with Gasteiger partial charge in [0.15, 0.2) is 0 Å². The molecule has 0 radical (unpaired) electrons. The first-order chi connectivity index (χ1) is 9.65. The Labute approximate surface area is 135 Å². The highest BCUT2D eigenvalue weighted by Gasteiger charge is 2.38. The van der Waals surface area contributed by atoms with Crippen LogP contribution >= 0.6 is 12.4 Å². The van der Waals surface area contributed by atoms with Crippen LogP contribution in [0.3, 0.4) is 0 Å². The Hall–Kier alpha value is -0.280. The molecule has 0 aromatic heterocycles. The Balaban J connectivity index is 0.00000161.